The Morgan fingerprint density at radius 2 is 1.79 bits per heavy atom. The molecule has 0 radical (unpaired) electrons. The largest absolute Gasteiger partial charge is 0.462 e. The predicted octanol–water partition coefficient (Wildman–Crippen LogP) is 3.78. The number of esters is 1. The van der Waals surface area contributed by atoms with Crippen LogP contribution in [-0.4, -0.2) is 48.8 Å². The number of nitrogens with one attached hydrogen (secondary N) is 1. The van der Waals surface area contributed by atoms with Crippen LogP contribution in [-0.2, 0) is 19.6 Å². The number of anilines is 1. The first-order valence-electron chi connectivity index (χ1n) is 10.5. The maximum absolute atomic E-state index is 13.1. The lowest BCUT2D eigenvalue weighted by Gasteiger charge is -2.23. The molecule has 0 saturated carbocycles. The van der Waals surface area contributed by atoms with Gasteiger partial charge < -0.3 is 10.1 Å². The van der Waals surface area contributed by atoms with Gasteiger partial charge in [-0.15, -0.1) is 0 Å². The first-order valence-corrected chi connectivity index (χ1v) is 12.8. The topological polar surface area (TPSA) is 106 Å². The van der Waals surface area contributed by atoms with E-state index in [-0.39, 0.29) is 28.1 Å². The fraction of sp³-hybridized carbons (Fsp3) is 0.261. The van der Waals surface area contributed by atoms with Gasteiger partial charge in [-0.3, -0.25) is 4.79 Å². The van der Waals surface area contributed by atoms with Gasteiger partial charge in [-0.25, -0.2) is 18.2 Å². The van der Waals surface area contributed by atoms with Crippen molar-refractivity contribution in [3.05, 3.63) is 65.5 Å². The van der Waals surface area contributed by atoms with Crippen molar-refractivity contribution in [3.8, 4) is 11.3 Å². The number of carbonyl (C=O) groups excluding carboxylic acids is 2. The van der Waals surface area contributed by atoms with Crippen molar-refractivity contribution in [2.75, 3.05) is 18.5 Å². The Labute approximate surface area is 196 Å². The van der Waals surface area contributed by atoms with Crippen molar-refractivity contribution in [1.29, 1.82) is 0 Å². The molecule has 10 heteroatoms. The Balaban J connectivity index is 1.60. The molecule has 1 aliphatic rings. The highest BCUT2D eigenvalue weighted by Gasteiger charge is 2.39. The molecular formula is C23H23N3O5S2. The van der Waals surface area contributed by atoms with Gasteiger partial charge in [0.25, 0.3) is 0 Å². The number of rotatable bonds is 7. The highest BCUT2D eigenvalue weighted by Crippen LogP contribution is 2.33. The van der Waals surface area contributed by atoms with Crippen molar-refractivity contribution in [1.82, 2.24) is 9.29 Å². The summed E-state index contributed by atoms with van der Waals surface area (Å²) in [5.41, 5.74) is 1.13. The van der Waals surface area contributed by atoms with E-state index < -0.39 is 27.9 Å². The quantitative estimate of drug-likeness (QED) is 0.511. The lowest BCUT2D eigenvalue weighted by Crippen LogP contribution is -2.43. The summed E-state index contributed by atoms with van der Waals surface area (Å²) in [5.74, 6) is -1.00. The van der Waals surface area contributed by atoms with E-state index >= 15 is 0 Å². The van der Waals surface area contributed by atoms with Crippen molar-refractivity contribution < 1.29 is 22.7 Å². The molecule has 1 fully saturated rings. The molecule has 0 aliphatic carbocycles. The van der Waals surface area contributed by atoms with Gasteiger partial charge in [0.05, 0.1) is 17.2 Å². The van der Waals surface area contributed by atoms with Gasteiger partial charge in [-0.1, -0.05) is 59.9 Å². The van der Waals surface area contributed by atoms with Crippen molar-refractivity contribution in [2.45, 2.75) is 30.7 Å². The third-order valence-electron chi connectivity index (χ3n) is 5.22. The zero-order valence-corrected chi connectivity index (χ0v) is 19.6. The predicted molar refractivity (Wildman–Crippen MR) is 125 cm³/mol. The van der Waals surface area contributed by atoms with Crippen LogP contribution in [0, 0.1) is 0 Å². The summed E-state index contributed by atoms with van der Waals surface area (Å²) >= 11 is 1.01. The standard InChI is InChI=1S/C23H23N3O5S2/c1-2-31-22(28)20-19(16-10-5-3-6-11-16)24-23(32-20)25-21(27)18-14-9-15-26(18)33(29,30)17-12-7-4-8-13-17/h3-8,10-13,18H,2,9,14-15H2,1H3,(H,24,25,27). The Hall–Kier alpha value is -3.08. The first kappa shape index (κ1) is 23.1. The van der Waals surface area contributed by atoms with Gasteiger partial charge in [-0.05, 0) is 31.9 Å². The fourth-order valence-electron chi connectivity index (χ4n) is 3.71. The molecule has 1 atom stereocenters. The Kier molecular flexibility index (Phi) is 6.87. The molecule has 1 amide bonds. The number of benzene rings is 2. The van der Waals surface area contributed by atoms with Crippen LogP contribution in [0.15, 0.2) is 65.6 Å². The maximum atomic E-state index is 13.1. The molecule has 0 spiro atoms. The molecule has 0 bridgehead atoms. The smallest absolute Gasteiger partial charge is 0.350 e. The van der Waals surface area contributed by atoms with Gasteiger partial charge in [0.2, 0.25) is 15.9 Å². The molecule has 172 valence electrons. The molecule has 1 unspecified atom stereocenters. The second kappa shape index (κ2) is 9.82. The van der Waals surface area contributed by atoms with Crippen LogP contribution in [0.1, 0.15) is 29.4 Å². The van der Waals surface area contributed by atoms with Gasteiger partial charge in [-0.2, -0.15) is 4.31 Å². The molecule has 1 aliphatic heterocycles. The summed E-state index contributed by atoms with van der Waals surface area (Å²) < 4.78 is 32.5. The van der Waals surface area contributed by atoms with Crippen molar-refractivity contribution >= 4 is 38.4 Å². The normalized spacial score (nSPS) is 16.5. The molecule has 33 heavy (non-hydrogen) atoms. The minimum atomic E-state index is -3.81. The number of amides is 1. The monoisotopic (exact) mass is 485 g/mol. The summed E-state index contributed by atoms with van der Waals surface area (Å²) in [6.45, 7) is 2.18. The first-order chi connectivity index (χ1) is 15.9. The highest BCUT2D eigenvalue weighted by atomic mass is 32.2. The Morgan fingerprint density at radius 3 is 2.45 bits per heavy atom. The Morgan fingerprint density at radius 1 is 1.12 bits per heavy atom. The third-order valence-corrected chi connectivity index (χ3v) is 8.09. The number of hydrogen-bond acceptors (Lipinski definition) is 7. The fourth-order valence-corrected chi connectivity index (χ4v) is 6.27. The van der Waals surface area contributed by atoms with Crippen LogP contribution in [0.25, 0.3) is 11.3 Å². The van der Waals surface area contributed by atoms with Gasteiger partial charge in [0.15, 0.2) is 5.13 Å². The molecule has 2 aromatic carbocycles. The average molecular weight is 486 g/mol. The van der Waals surface area contributed by atoms with E-state index in [9.17, 15) is 18.0 Å². The summed E-state index contributed by atoms with van der Waals surface area (Å²) in [6, 6.07) is 16.3. The molecule has 1 N–H and O–H groups in total. The van der Waals surface area contributed by atoms with E-state index in [2.05, 4.69) is 10.3 Å². The van der Waals surface area contributed by atoms with Crippen LogP contribution in [0.5, 0.6) is 0 Å². The van der Waals surface area contributed by atoms with Crippen LogP contribution in [0.2, 0.25) is 0 Å². The number of aromatic nitrogens is 1. The summed E-state index contributed by atoms with van der Waals surface area (Å²) in [4.78, 5) is 30.5. The van der Waals surface area contributed by atoms with Crippen molar-refractivity contribution in [2.24, 2.45) is 0 Å². The second-order valence-electron chi connectivity index (χ2n) is 7.36. The molecule has 3 aromatic rings. The third kappa shape index (κ3) is 4.82. The molecule has 4 rings (SSSR count). The molecule has 1 aromatic heterocycles. The lowest BCUT2D eigenvalue weighted by molar-refractivity contribution is -0.119. The summed E-state index contributed by atoms with van der Waals surface area (Å²) in [6.07, 6.45) is 0.977. The molecule has 2 heterocycles. The number of carbonyl (C=O) groups is 2. The molecule has 1 saturated heterocycles. The average Bonchev–Trinajstić information content (AvgIpc) is 3.49. The van der Waals surface area contributed by atoms with E-state index in [0.717, 1.165) is 11.3 Å². The van der Waals surface area contributed by atoms with E-state index in [1.54, 1.807) is 25.1 Å². The van der Waals surface area contributed by atoms with E-state index in [1.165, 1.54) is 16.4 Å². The number of sulfonamides is 1. The van der Waals surface area contributed by atoms with Gasteiger partial charge >= 0.3 is 5.97 Å². The molecule has 8 nitrogen and oxygen atoms in total. The van der Waals surface area contributed by atoms with Crippen LogP contribution in [0.4, 0.5) is 5.13 Å². The molecular weight excluding hydrogens is 462 g/mol. The van der Waals surface area contributed by atoms with E-state index in [1.807, 2.05) is 30.3 Å². The Bertz CT molecular complexity index is 1240. The minimum Gasteiger partial charge on any atom is -0.462 e. The van der Waals surface area contributed by atoms with Crippen molar-refractivity contribution in [3.63, 3.8) is 0 Å². The SMILES string of the molecule is CCOC(=O)c1sc(NC(=O)C2CCCN2S(=O)(=O)c2ccccc2)nc1-c1ccccc1. The van der Waals surface area contributed by atoms with Crippen LogP contribution in [0.3, 0.4) is 0 Å². The highest BCUT2D eigenvalue weighted by molar-refractivity contribution is 7.89. The summed E-state index contributed by atoms with van der Waals surface area (Å²) in [7, 11) is -3.81. The van der Waals surface area contributed by atoms with Gasteiger partial charge in [0, 0.05) is 12.1 Å². The zero-order valence-electron chi connectivity index (χ0n) is 17.9. The van der Waals surface area contributed by atoms with Crippen LogP contribution < -0.4 is 5.32 Å². The lowest BCUT2D eigenvalue weighted by atomic mass is 10.1. The number of nitrogens with zero attached hydrogens (tertiary/aromatic N) is 2. The summed E-state index contributed by atoms with van der Waals surface area (Å²) in [5, 5.41) is 2.93. The number of thiazole rings is 1. The minimum absolute atomic E-state index is 0.148. The zero-order chi connectivity index (χ0) is 23.4. The number of ether oxygens (including phenoxy) is 1. The van der Waals surface area contributed by atoms with E-state index in [0.29, 0.717) is 24.1 Å². The number of hydrogen-bond donors (Lipinski definition) is 1. The van der Waals surface area contributed by atoms with Crippen LogP contribution >= 0.6 is 11.3 Å². The maximum Gasteiger partial charge on any atom is 0.350 e. The van der Waals surface area contributed by atoms with E-state index in [4.69, 9.17) is 4.74 Å². The second-order valence-corrected chi connectivity index (χ2v) is 10.2. The van der Waals surface area contributed by atoms with Gasteiger partial charge in [0.1, 0.15) is 10.9 Å².